The maximum atomic E-state index is 12.9. The Morgan fingerprint density at radius 3 is 2.44 bits per heavy atom. The molecule has 0 aromatic carbocycles. The Hall–Kier alpha value is -1.82. The average molecular weight is 349 g/mol. The molecule has 2 rings (SSSR count). The summed E-state index contributed by atoms with van der Waals surface area (Å²) in [7, 11) is 4.10. The lowest BCUT2D eigenvalue weighted by atomic mass is 9.96. The summed E-state index contributed by atoms with van der Waals surface area (Å²) in [6.07, 6.45) is 1.37. The predicted octanol–water partition coefficient (Wildman–Crippen LogP) is 2.08. The van der Waals surface area contributed by atoms with Crippen molar-refractivity contribution in [1.82, 2.24) is 14.4 Å². The van der Waals surface area contributed by atoms with Crippen LogP contribution in [0.5, 0.6) is 0 Å². The molecule has 6 nitrogen and oxygen atoms in total. The topological polar surface area (TPSA) is 54.8 Å². The summed E-state index contributed by atoms with van der Waals surface area (Å²) >= 11 is 0. The number of rotatable bonds is 6. The van der Waals surface area contributed by atoms with E-state index < -0.39 is 0 Å². The van der Waals surface area contributed by atoms with Crippen LogP contribution in [-0.2, 0) is 16.1 Å². The first-order chi connectivity index (χ1) is 11.8. The predicted molar refractivity (Wildman–Crippen MR) is 97.7 cm³/mol. The molecule has 0 aliphatic carbocycles. The van der Waals surface area contributed by atoms with Crippen LogP contribution in [0, 0.1) is 19.8 Å². The van der Waals surface area contributed by atoms with Gasteiger partial charge in [-0.25, -0.2) is 0 Å². The summed E-state index contributed by atoms with van der Waals surface area (Å²) in [5, 5.41) is 0. The first-order valence-corrected chi connectivity index (χ1v) is 9.12. The van der Waals surface area contributed by atoms with Crippen LogP contribution in [0.4, 0.5) is 0 Å². The van der Waals surface area contributed by atoms with Gasteiger partial charge in [-0.15, -0.1) is 0 Å². The standard InChI is InChI=1S/C19H31N3O3/c1-6-25-19(24)16-7-9-21(10-8-16)18(23)17-13-14(2)22(15(17)3)12-11-20(4)5/h13,16H,6-12H2,1-5H3. The van der Waals surface area contributed by atoms with E-state index in [-0.39, 0.29) is 17.8 Å². The van der Waals surface area contributed by atoms with Crippen molar-refractivity contribution in [3.8, 4) is 0 Å². The van der Waals surface area contributed by atoms with E-state index in [0.29, 0.717) is 32.5 Å². The molecule has 0 bridgehead atoms. The Bertz CT molecular complexity index is 614. The third-order valence-corrected chi connectivity index (χ3v) is 4.98. The minimum atomic E-state index is -0.128. The van der Waals surface area contributed by atoms with E-state index >= 15 is 0 Å². The minimum absolute atomic E-state index is 0.0727. The summed E-state index contributed by atoms with van der Waals surface area (Å²) < 4.78 is 7.30. The third-order valence-electron chi connectivity index (χ3n) is 4.98. The van der Waals surface area contributed by atoms with Crippen LogP contribution >= 0.6 is 0 Å². The van der Waals surface area contributed by atoms with Crippen LogP contribution in [-0.4, -0.2) is 66.6 Å². The Morgan fingerprint density at radius 2 is 1.88 bits per heavy atom. The second kappa shape index (κ2) is 8.52. The van der Waals surface area contributed by atoms with Crippen molar-refractivity contribution in [2.24, 2.45) is 5.92 Å². The number of likely N-dealkylation sites (N-methyl/N-ethyl adjacent to an activating group) is 1. The number of nitrogens with zero attached hydrogens (tertiary/aromatic N) is 3. The summed E-state index contributed by atoms with van der Waals surface area (Å²) in [5.41, 5.74) is 2.92. The van der Waals surface area contributed by atoms with Gasteiger partial charge in [-0.2, -0.15) is 0 Å². The van der Waals surface area contributed by atoms with Crippen molar-refractivity contribution >= 4 is 11.9 Å². The number of ether oxygens (including phenoxy) is 1. The lowest BCUT2D eigenvalue weighted by Gasteiger charge is -2.31. The average Bonchev–Trinajstić information content (AvgIpc) is 2.87. The number of likely N-dealkylation sites (tertiary alicyclic amines) is 1. The van der Waals surface area contributed by atoms with Crippen molar-refractivity contribution < 1.29 is 14.3 Å². The van der Waals surface area contributed by atoms with Gasteiger partial charge in [0.2, 0.25) is 0 Å². The lowest BCUT2D eigenvalue weighted by Crippen LogP contribution is -2.40. The molecule has 0 unspecified atom stereocenters. The summed E-state index contributed by atoms with van der Waals surface area (Å²) in [6, 6.07) is 1.99. The summed E-state index contributed by atoms with van der Waals surface area (Å²) in [4.78, 5) is 28.8. The van der Waals surface area contributed by atoms with E-state index in [1.165, 1.54) is 0 Å². The normalized spacial score (nSPS) is 15.7. The molecule has 25 heavy (non-hydrogen) atoms. The Labute approximate surface area is 150 Å². The first-order valence-electron chi connectivity index (χ1n) is 9.12. The molecule has 1 amide bonds. The molecular weight excluding hydrogens is 318 g/mol. The van der Waals surface area contributed by atoms with Gasteiger partial charge in [0.1, 0.15) is 0 Å². The van der Waals surface area contributed by atoms with Crippen LogP contribution < -0.4 is 0 Å². The molecule has 1 fully saturated rings. The number of carbonyl (C=O) groups excluding carboxylic acids is 2. The molecular formula is C19H31N3O3. The fourth-order valence-electron chi connectivity index (χ4n) is 3.41. The van der Waals surface area contributed by atoms with Gasteiger partial charge < -0.3 is 19.1 Å². The molecule has 0 saturated carbocycles. The number of hydrogen-bond acceptors (Lipinski definition) is 4. The van der Waals surface area contributed by atoms with Crippen molar-refractivity contribution in [2.75, 3.05) is 40.3 Å². The van der Waals surface area contributed by atoms with Crippen molar-refractivity contribution in [3.05, 3.63) is 23.0 Å². The zero-order chi connectivity index (χ0) is 18.6. The van der Waals surface area contributed by atoms with E-state index in [9.17, 15) is 9.59 Å². The zero-order valence-electron chi connectivity index (χ0n) is 16.2. The van der Waals surface area contributed by atoms with Gasteiger partial charge in [0.15, 0.2) is 0 Å². The zero-order valence-corrected chi connectivity index (χ0v) is 16.2. The minimum Gasteiger partial charge on any atom is -0.466 e. The van der Waals surface area contributed by atoms with Crippen molar-refractivity contribution in [3.63, 3.8) is 0 Å². The van der Waals surface area contributed by atoms with Crippen molar-refractivity contribution in [1.29, 1.82) is 0 Å². The highest BCUT2D eigenvalue weighted by molar-refractivity contribution is 5.96. The maximum Gasteiger partial charge on any atom is 0.309 e. The van der Waals surface area contributed by atoms with E-state index in [2.05, 4.69) is 9.47 Å². The smallest absolute Gasteiger partial charge is 0.309 e. The molecule has 140 valence electrons. The number of hydrogen-bond donors (Lipinski definition) is 0. The second-order valence-corrected chi connectivity index (χ2v) is 7.06. The van der Waals surface area contributed by atoms with Gasteiger partial charge in [-0.05, 0) is 53.8 Å². The quantitative estimate of drug-likeness (QED) is 0.738. The highest BCUT2D eigenvalue weighted by Gasteiger charge is 2.29. The number of piperidine rings is 1. The van der Waals surface area contributed by atoms with E-state index in [1.807, 2.05) is 45.8 Å². The fourth-order valence-corrected chi connectivity index (χ4v) is 3.41. The Kier molecular flexibility index (Phi) is 6.64. The highest BCUT2D eigenvalue weighted by atomic mass is 16.5. The third kappa shape index (κ3) is 4.63. The van der Waals surface area contributed by atoms with E-state index in [4.69, 9.17) is 4.74 Å². The Morgan fingerprint density at radius 1 is 1.24 bits per heavy atom. The highest BCUT2D eigenvalue weighted by Crippen LogP contribution is 2.23. The second-order valence-electron chi connectivity index (χ2n) is 7.06. The number of esters is 1. The molecule has 1 saturated heterocycles. The molecule has 6 heteroatoms. The summed E-state index contributed by atoms with van der Waals surface area (Å²) in [5.74, 6) is -0.125. The molecule has 2 heterocycles. The van der Waals surface area contributed by atoms with Gasteiger partial charge in [0.25, 0.3) is 5.91 Å². The van der Waals surface area contributed by atoms with Gasteiger partial charge in [0, 0.05) is 37.6 Å². The molecule has 0 radical (unpaired) electrons. The molecule has 1 aliphatic heterocycles. The molecule has 1 aromatic heterocycles. The van der Waals surface area contributed by atoms with Gasteiger partial charge in [-0.1, -0.05) is 0 Å². The van der Waals surface area contributed by atoms with Crippen molar-refractivity contribution in [2.45, 2.75) is 40.2 Å². The first kappa shape index (κ1) is 19.5. The largest absolute Gasteiger partial charge is 0.466 e. The van der Waals surface area contributed by atoms with Crippen LogP contribution in [0.2, 0.25) is 0 Å². The number of aromatic nitrogens is 1. The molecule has 1 aliphatic rings. The molecule has 1 aromatic rings. The van der Waals surface area contributed by atoms with Crippen LogP contribution in [0.15, 0.2) is 6.07 Å². The van der Waals surface area contributed by atoms with Gasteiger partial charge in [0.05, 0.1) is 18.1 Å². The van der Waals surface area contributed by atoms with Gasteiger partial charge in [-0.3, -0.25) is 9.59 Å². The monoisotopic (exact) mass is 349 g/mol. The SMILES string of the molecule is CCOC(=O)C1CCN(C(=O)c2cc(C)n(CCN(C)C)c2C)CC1. The van der Waals surface area contributed by atoms with Crippen LogP contribution in [0.25, 0.3) is 0 Å². The van der Waals surface area contributed by atoms with Gasteiger partial charge >= 0.3 is 5.97 Å². The maximum absolute atomic E-state index is 12.9. The number of aryl methyl sites for hydroxylation is 1. The molecule has 0 N–H and O–H groups in total. The molecule has 0 atom stereocenters. The van der Waals surface area contributed by atoms with E-state index in [0.717, 1.165) is 30.0 Å². The van der Waals surface area contributed by atoms with Crippen LogP contribution in [0.1, 0.15) is 41.5 Å². The number of amides is 1. The molecule has 0 spiro atoms. The number of carbonyl (C=O) groups is 2. The summed E-state index contributed by atoms with van der Waals surface area (Å²) in [6.45, 7) is 9.35. The van der Waals surface area contributed by atoms with Crippen LogP contribution in [0.3, 0.4) is 0 Å². The fraction of sp³-hybridized carbons (Fsp3) is 0.684. The lowest BCUT2D eigenvalue weighted by molar-refractivity contribution is -0.149. The Balaban J connectivity index is 2.02. The van der Waals surface area contributed by atoms with E-state index in [1.54, 1.807) is 0 Å².